The number of Topliss-reactive ketones (excluding diaryl/α,β-unsaturated/α-hetero) is 2. The smallest absolute Gasteiger partial charge is 0.303 e. The van der Waals surface area contributed by atoms with Gasteiger partial charge in [-0.2, -0.15) is 0 Å². The molecular formula is C26H30O12. The molecule has 0 N–H and O–H groups in total. The van der Waals surface area contributed by atoms with Crippen molar-refractivity contribution in [3.63, 3.8) is 0 Å². The van der Waals surface area contributed by atoms with Crippen LogP contribution in [0.1, 0.15) is 47.1 Å². The molecule has 0 amide bonds. The fraction of sp³-hybridized carbons (Fsp3) is 0.462. The van der Waals surface area contributed by atoms with Crippen LogP contribution >= 0.6 is 0 Å². The SMILES string of the molecule is CC(=O)OC[C@H]1O[C@@H](Oc2ccc(C=C(C(C)=O)C(C)=O)cc2)[C@H](OC(C)=O)[C@@H](OC(C)=O)[C@@H]1OC(C)=O. The first-order valence-corrected chi connectivity index (χ1v) is 11.6. The van der Waals surface area contributed by atoms with Gasteiger partial charge in [0, 0.05) is 27.7 Å². The van der Waals surface area contributed by atoms with Crippen LogP contribution in [-0.4, -0.2) is 72.8 Å². The van der Waals surface area contributed by atoms with Crippen molar-refractivity contribution < 1.29 is 57.2 Å². The van der Waals surface area contributed by atoms with Crippen molar-refractivity contribution in [2.75, 3.05) is 6.61 Å². The summed E-state index contributed by atoms with van der Waals surface area (Å²) in [5, 5.41) is 0. The lowest BCUT2D eigenvalue weighted by Crippen LogP contribution is -2.63. The van der Waals surface area contributed by atoms with Crippen LogP contribution in [0.15, 0.2) is 29.8 Å². The molecule has 0 aromatic heterocycles. The average Bonchev–Trinajstić information content (AvgIpc) is 2.79. The van der Waals surface area contributed by atoms with Crippen LogP contribution in [0.5, 0.6) is 5.75 Å². The largest absolute Gasteiger partial charge is 0.463 e. The number of hydrogen-bond acceptors (Lipinski definition) is 12. The van der Waals surface area contributed by atoms with Gasteiger partial charge in [0.05, 0.1) is 5.57 Å². The van der Waals surface area contributed by atoms with Gasteiger partial charge in [0.15, 0.2) is 23.8 Å². The Morgan fingerprint density at radius 3 is 1.68 bits per heavy atom. The molecule has 1 aliphatic heterocycles. The number of carbonyl (C=O) groups is 6. The van der Waals surface area contributed by atoms with Gasteiger partial charge >= 0.3 is 23.9 Å². The van der Waals surface area contributed by atoms with Crippen molar-refractivity contribution in [1.29, 1.82) is 0 Å². The highest BCUT2D eigenvalue weighted by Gasteiger charge is 2.53. The lowest BCUT2D eigenvalue weighted by molar-refractivity contribution is -0.288. The van der Waals surface area contributed by atoms with Gasteiger partial charge in [-0.25, -0.2) is 0 Å². The summed E-state index contributed by atoms with van der Waals surface area (Å²) in [6.45, 7) is 6.71. The summed E-state index contributed by atoms with van der Waals surface area (Å²) < 4.78 is 32.9. The van der Waals surface area contributed by atoms with Gasteiger partial charge in [-0.3, -0.25) is 28.8 Å². The van der Waals surface area contributed by atoms with Gasteiger partial charge in [0.25, 0.3) is 0 Å². The zero-order chi connectivity index (χ0) is 28.6. The van der Waals surface area contributed by atoms with E-state index in [0.717, 1.165) is 20.8 Å². The fourth-order valence-electron chi connectivity index (χ4n) is 3.68. The maximum atomic E-state index is 11.9. The summed E-state index contributed by atoms with van der Waals surface area (Å²) in [5.41, 5.74) is 0.567. The minimum atomic E-state index is -1.39. The van der Waals surface area contributed by atoms with E-state index < -0.39 is 54.6 Å². The van der Waals surface area contributed by atoms with Gasteiger partial charge in [-0.05, 0) is 37.6 Å². The Kier molecular flexibility index (Phi) is 10.7. The molecule has 1 aromatic rings. The predicted octanol–water partition coefficient (Wildman–Crippen LogP) is 1.71. The van der Waals surface area contributed by atoms with Gasteiger partial charge in [0.1, 0.15) is 18.5 Å². The number of benzene rings is 1. The maximum Gasteiger partial charge on any atom is 0.303 e. The Morgan fingerprint density at radius 2 is 1.21 bits per heavy atom. The summed E-state index contributed by atoms with van der Waals surface area (Å²) in [6, 6.07) is 6.18. The quantitative estimate of drug-likeness (QED) is 0.141. The zero-order valence-electron chi connectivity index (χ0n) is 21.9. The molecule has 12 nitrogen and oxygen atoms in total. The molecule has 206 valence electrons. The molecule has 0 radical (unpaired) electrons. The Balaban J connectivity index is 2.44. The van der Waals surface area contributed by atoms with Crippen LogP contribution in [0.25, 0.3) is 6.08 Å². The normalized spacial score (nSPS) is 22.3. The molecule has 5 atom stereocenters. The molecule has 0 spiro atoms. The standard InChI is InChI=1S/C26H30O12/c1-13(27)21(14(2)28)11-19-7-9-20(10-8-19)37-26-25(36-18(6)32)24(35-17(5)31)23(34-16(4)30)22(38-26)12-33-15(3)29/h7-11,22-26H,12H2,1-6H3/t22-,23-,24+,25-,26-/m1/s1. The molecule has 38 heavy (non-hydrogen) atoms. The minimum Gasteiger partial charge on any atom is -0.463 e. The Bertz CT molecular complexity index is 1090. The first kappa shape index (κ1) is 30.2. The molecule has 12 heteroatoms. The highest BCUT2D eigenvalue weighted by molar-refractivity contribution is 6.21. The van der Waals surface area contributed by atoms with Crippen LogP contribution in [0, 0.1) is 0 Å². The fourth-order valence-corrected chi connectivity index (χ4v) is 3.68. The van der Waals surface area contributed by atoms with Gasteiger partial charge in [-0.1, -0.05) is 12.1 Å². The molecule has 0 aliphatic carbocycles. The van der Waals surface area contributed by atoms with Gasteiger partial charge in [-0.15, -0.1) is 0 Å². The Hall–Kier alpha value is -4.06. The second kappa shape index (κ2) is 13.5. The summed E-state index contributed by atoms with van der Waals surface area (Å²) in [5.74, 6) is -3.45. The number of allylic oxidation sites excluding steroid dienone is 1. The van der Waals surface area contributed by atoms with Crippen molar-refractivity contribution in [2.45, 2.75) is 72.2 Å². The summed E-state index contributed by atoms with van der Waals surface area (Å²) in [6.07, 6.45) is -5.15. The molecule has 2 rings (SSSR count). The molecule has 1 heterocycles. The molecule has 1 fully saturated rings. The zero-order valence-corrected chi connectivity index (χ0v) is 21.9. The van der Waals surface area contributed by atoms with Crippen molar-refractivity contribution >= 4 is 41.5 Å². The summed E-state index contributed by atoms with van der Waals surface area (Å²) in [4.78, 5) is 70.5. The second-order valence-corrected chi connectivity index (χ2v) is 8.42. The molecular weight excluding hydrogens is 504 g/mol. The number of ketones is 2. The first-order chi connectivity index (χ1) is 17.8. The third-order valence-electron chi connectivity index (χ3n) is 5.15. The lowest BCUT2D eigenvalue weighted by atomic mass is 9.98. The van der Waals surface area contributed by atoms with Crippen LogP contribution in [0.2, 0.25) is 0 Å². The van der Waals surface area contributed by atoms with E-state index in [0.29, 0.717) is 5.56 Å². The lowest BCUT2D eigenvalue weighted by Gasteiger charge is -2.43. The predicted molar refractivity (Wildman–Crippen MR) is 128 cm³/mol. The van der Waals surface area contributed by atoms with Gasteiger partial charge in [0.2, 0.25) is 12.4 Å². The number of rotatable bonds is 10. The minimum absolute atomic E-state index is 0.0262. The third-order valence-corrected chi connectivity index (χ3v) is 5.15. The molecule has 1 aromatic carbocycles. The van der Waals surface area contributed by atoms with E-state index in [4.69, 9.17) is 28.4 Å². The van der Waals surface area contributed by atoms with E-state index in [9.17, 15) is 28.8 Å². The van der Waals surface area contributed by atoms with Crippen LogP contribution < -0.4 is 4.74 Å². The Labute approximate surface area is 219 Å². The number of carbonyl (C=O) groups excluding carboxylic acids is 6. The second-order valence-electron chi connectivity index (χ2n) is 8.42. The van der Waals surface area contributed by atoms with Gasteiger partial charge < -0.3 is 28.4 Å². The molecule has 1 saturated heterocycles. The van der Waals surface area contributed by atoms with E-state index in [1.54, 1.807) is 12.1 Å². The highest BCUT2D eigenvalue weighted by Crippen LogP contribution is 2.31. The monoisotopic (exact) mass is 534 g/mol. The van der Waals surface area contributed by atoms with Crippen molar-refractivity contribution in [2.24, 2.45) is 0 Å². The van der Waals surface area contributed by atoms with E-state index in [-0.39, 0.29) is 29.5 Å². The van der Waals surface area contributed by atoms with Crippen molar-refractivity contribution in [1.82, 2.24) is 0 Å². The maximum absolute atomic E-state index is 11.9. The number of hydrogen-bond donors (Lipinski definition) is 0. The number of esters is 4. The van der Waals surface area contributed by atoms with E-state index in [2.05, 4.69) is 0 Å². The summed E-state index contributed by atoms with van der Waals surface area (Å²) >= 11 is 0. The average molecular weight is 535 g/mol. The van der Waals surface area contributed by atoms with E-state index in [1.807, 2.05) is 0 Å². The van der Waals surface area contributed by atoms with E-state index in [1.165, 1.54) is 39.0 Å². The van der Waals surface area contributed by atoms with E-state index >= 15 is 0 Å². The summed E-state index contributed by atoms with van der Waals surface area (Å²) in [7, 11) is 0. The highest BCUT2D eigenvalue weighted by atomic mass is 16.7. The topological polar surface area (TPSA) is 158 Å². The molecule has 0 bridgehead atoms. The number of ether oxygens (including phenoxy) is 6. The first-order valence-electron chi connectivity index (χ1n) is 11.6. The van der Waals surface area contributed by atoms with Crippen molar-refractivity contribution in [3.05, 3.63) is 35.4 Å². The Morgan fingerprint density at radius 1 is 0.711 bits per heavy atom. The molecule has 1 aliphatic rings. The van der Waals surface area contributed by atoms with Crippen molar-refractivity contribution in [3.8, 4) is 5.75 Å². The molecule has 0 saturated carbocycles. The third kappa shape index (κ3) is 8.80. The van der Waals surface area contributed by atoms with Crippen LogP contribution in [-0.2, 0) is 52.5 Å². The van der Waals surface area contributed by atoms with Crippen LogP contribution in [0.3, 0.4) is 0 Å². The van der Waals surface area contributed by atoms with Crippen LogP contribution in [0.4, 0.5) is 0 Å². The molecule has 0 unspecified atom stereocenters.